The molecule has 3 aromatic rings. The van der Waals surface area contributed by atoms with Crippen LogP contribution >= 0.6 is 0 Å². The van der Waals surface area contributed by atoms with Gasteiger partial charge in [-0.15, -0.1) is 0 Å². The molecule has 0 saturated carbocycles. The molecule has 1 N–H and O–H groups in total. The molecular weight excluding hydrogens is 542 g/mol. The van der Waals surface area contributed by atoms with Crippen molar-refractivity contribution < 1.29 is 27.5 Å². The van der Waals surface area contributed by atoms with Gasteiger partial charge in [0.1, 0.15) is 30.7 Å². The van der Waals surface area contributed by atoms with Crippen LogP contribution in [0.1, 0.15) is 38.3 Å². The summed E-state index contributed by atoms with van der Waals surface area (Å²) in [6, 6.07) is 22.5. The van der Waals surface area contributed by atoms with Crippen LogP contribution < -0.4 is 19.1 Å². The first-order valence-corrected chi connectivity index (χ1v) is 15.3. The fourth-order valence-corrected chi connectivity index (χ4v) is 5.14. The zero-order valence-electron chi connectivity index (χ0n) is 24.2. The SMILES string of the molecule is CC[C@@H](C(=O)NC(C)C)N(Cc1ccc(OC)cc1)C(=O)CN(c1ccc(OCc2ccccc2)cc1)S(C)(=O)=O. The van der Waals surface area contributed by atoms with Gasteiger partial charge in [-0.25, -0.2) is 8.42 Å². The molecule has 3 rings (SSSR count). The number of anilines is 1. The summed E-state index contributed by atoms with van der Waals surface area (Å²) in [5, 5.41) is 2.88. The van der Waals surface area contributed by atoms with E-state index in [2.05, 4.69) is 5.32 Å². The molecule has 3 aromatic carbocycles. The van der Waals surface area contributed by atoms with E-state index in [-0.39, 0.29) is 18.5 Å². The van der Waals surface area contributed by atoms with Gasteiger partial charge in [0, 0.05) is 12.6 Å². The molecule has 0 unspecified atom stereocenters. The Morgan fingerprint density at radius 3 is 2.02 bits per heavy atom. The van der Waals surface area contributed by atoms with E-state index < -0.39 is 28.5 Å². The quantitative estimate of drug-likeness (QED) is 0.303. The normalized spacial score (nSPS) is 12.0. The fourth-order valence-electron chi connectivity index (χ4n) is 4.29. The van der Waals surface area contributed by atoms with E-state index in [0.717, 1.165) is 21.7 Å². The Kier molecular flexibility index (Phi) is 11.2. The van der Waals surface area contributed by atoms with E-state index in [1.807, 2.05) is 63.2 Å². The number of ether oxygens (including phenoxy) is 2. The molecule has 0 aliphatic rings. The number of hydrogen-bond acceptors (Lipinski definition) is 6. The number of nitrogens with one attached hydrogen (secondary N) is 1. The molecular formula is C31H39N3O6S. The lowest BCUT2D eigenvalue weighted by molar-refractivity contribution is -0.140. The van der Waals surface area contributed by atoms with Crippen LogP contribution in [0, 0.1) is 0 Å². The summed E-state index contributed by atoms with van der Waals surface area (Å²) in [4.78, 5) is 28.4. The first kappa shape index (κ1) is 31.5. The monoisotopic (exact) mass is 581 g/mol. The Morgan fingerprint density at radius 2 is 1.49 bits per heavy atom. The maximum atomic E-state index is 13.8. The topological polar surface area (TPSA) is 105 Å². The summed E-state index contributed by atoms with van der Waals surface area (Å²) >= 11 is 0. The molecule has 0 radical (unpaired) electrons. The van der Waals surface area contributed by atoms with Crippen molar-refractivity contribution in [1.29, 1.82) is 0 Å². The Bertz CT molecular complexity index is 1380. The van der Waals surface area contributed by atoms with Crippen LogP contribution in [0.5, 0.6) is 11.5 Å². The van der Waals surface area contributed by atoms with Gasteiger partial charge in [0.15, 0.2) is 0 Å². The largest absolute Gasteiger partial charge is 0.497 e. The minimum absolute atomic E-state index is 0.121. The summed E-state index contributed by atoms with van der Waals surface area (Å²) in [7, 11) is -2.27. The molecule has 10 heteroatoms. The third-order valence-corrected chi connectivity index (χ3v) is 7.52. The van der Waals surface area contributed by atoms with Crippen LogP contribution in [-0.4, -0.2) is 57.1 Å². The minimum atomic E-state index is -3.84. The van der Waals surface area contributed by atoms with E-state index in [9.17, 15) is 18.0 Å². The van der Waals surface area contributed by atoms with Crippen molar-refractivity contribution in [3.05, 3.63) is 90.0 Å². The molecule has 0 fully saturated rings. The molecule has 0 aliphatic heterocycles. The van der Waals surface area contributed by atoms with Crippen LogP contribution in [0.25, 0.3) is 0 Å². The van der Waals surface area contributed by atoms with Crippen molar-refractivity contribution in [2.75, 3.05) is 24.2 Å². The average molecular weight is 582 g/mol. The predicted molar refractivity (Wildman–Crippen MR) is 160 cm³/mol. The standard InChI is InChI=1S/C31H39N3O6S/c1-6-29(31(36)32-23(2)3)33(20-24-12-16-27(39-4)17-13-24)30(35)21-34(41(5,37)38)26-14-18-28(19-15-26)40-22-25-10-8-7-9-11-25/h7-19,23,29H,6,20-22H2,1-5H3,(H,32,36)/t29-/m0/s1. The van der Waals surface area contributed by atoms with Gasteiger partial charge < -0.3 is 19.7 Å². The lowest BCUT2D eigenvalue weighted by Gasteiger charge is -2.33. The first-order chi connectivity index (χ1) is 19.5. The number of carbonyl (C=O) groups excluding carboxylic acids is 2. The summed E-state index contributed by atoms with van der Waals surface area (Å²) < 4.78 is 37.8. The highest BCUT2D eigenvalue weighted by Crippen LogP contribution is 2.24. The van der Waals surface area contributed by atoms with E-state index in [1.54, 1.807) is 43.5 Å². The fraction of sp³-hybridized carbons (Fsp3) is 0.355. The van der Waals surface area contributed by atoms with E-state index in [1.165, 1.54) is 4.90 Å². The molecule has 41 heavy (non-hydrogen) atoms. The third kappa shape index (κ3) is 9.24. The van der Waals surface area contributed by atoms with Gasteiger partial charge in [-0.1, -0.05) is 49.4 Å². The Labute approximate surface area is 243 Å². The van der Waals surface area contributed by atoms with Crippen molar-refractivity contribution in [1.82, 2.24) is 10.2 Å². The van der Waals surface area contributed by atoms with Crippen molar-refractivity contribution in [2.24, 2.45) is 0 Å². The maximum Gasteiger partial charge on any atom is 0.244 e. The van der Waals surface area contributed by atoms with Gasteiger partial charge in [0.2, 0.25) is 21.8 Å². The van der Waals surface area contributed by atoms with E-state index in [0.29, 0.717) is 30.2 Å². The number of sulfonamides is 1. The van der Waals surface area contributed by atoms with E-state index >= 15 is 0 Å². The van der Waals surface area contributed by atoms with Crippen molar-refractivity contribution >= 4 is 27.5 Å². The second kappa shape index (κ2) is 14.5. The number of rotatable bonds is 14. The van der Waals surface area contributed by atoms with Gasteiger partial charge in [0.25, 0.3) is 0 Å². The highest BCUT2D eigenvalue weighted by Gasteiger charge is 2.32. The molecule has 220 valence electrons. The molecule has 0 aromatic heterocycles. The van der Waals surface area contributed by atoms with Crippen molar-refractivity contribution in [2.45, 2.75) is 52.4 Å². The molecule has 0 bridgehead atoms. The number of methoxy groups -OCH3 is 1. The Balaban J connectivity index is 1.85. The average Bonchev–Trinajstić information content (AvgIpc) is 2.95. The van der Waals surface area contributed by atoms with Crippen LogP contribution in [0.2, 0.25) is 0 Å². The van der Waals surface area contributed by atoms with Crippen molar-refractivity contribution in [3.8, 4) is 11.5 Å². The van der Waals surface area contributed by atoms with Crippen LogP contribution in [0.4, 0.5) is 5.69 Å². The molecule has 0 spiro atoms. The van der Waals surface area contributed by atoms with Crippen LogP contribution in [0.15, 0.2) is 78.9 Å². The van der Waals surface area contributed by atoms with Gasteiger partial charge in [-0.3, -0.25) is 13.9 Å². The number of hydrogen-bond donors (Lipinski definition) is 1. The van der Waals surface area contributed by atoms with Crippen LogP contribution in [-0.2, 0) is 32.8 Å². The zero-order valence-corrected chi connectivity index (χ0v) is 25.1. The van der Waals surface area contributed by atoms with Gasteiger partial charge in [0.05, 0.1) is 19.1 Å². The van der Waals surface area contributed by atoms with Gasteiger partial charge in [-0.2, -0.15) is 0 Å². The molecule has 9 nitrogen and oxygen atoms in total. The maximum absolute atomic E-state index is 13.8. The minimum Gasteiger partial charge on any atom is -0.497 e. The number of amides is 2. The summed E-state index contributed by atoms with van der Waals surface area (Å²) in [5.74, 6) is 0.433. The zero-order chi connectivity index (χ0) is 30.0. The molecule has 1 atom stereocenters. The second-order valence-corrected chi connectivity index (χ2v) is 11.9. The van der Waals surface area contributed by atoms with Gasteiger partial charge in [-0.05, 0) is 67.8 Å². The first-order valence-electron chi connectivity index (χ1n) is 13.5. The van der Waals surface area contributed by atoms with Crippen molar-refractivity contribution in [3.63, 3.8) is 0 Å². The Hall–Kier alpha value is -4.05. The predicted octanol–water partition coefficient (Wildman–Crippen LogP) is 4.37. The lowest BCUT2D eigenvalue weighted by Crippen LogP contribution is -2.53. The summed E-state index contributed by atoms with van der Waals surface area (Å²) in [6.45, 7) is 5.53. The van der Waals surface area contributed by atoms with Gasteiger partial charge >= 0.3 is 0 Å². The third-order valence-electron chi connectivity index (χ3n) is 6.38. The smallest absolute Gasteiger partial charge is 0.244 e. The number of nitrogens with zero attached hydrogens (tertiary/aromatic N) is 2. The molecule has 0 saturated heterocycles. The molecule has 0 aliphatic carbocycles. The lowest BCUT2D eigenvalue weighted by atomic mass is 10.1. The summed E-state index contributed by atoms with van der Waals surface area (Å²) in [6.07, 6.45) is 1.41. The molecule has 2 amide bonds. The van der Waals surface area contributed by atoms with E-state index in [4.69, 9.17) is 9.47 Å². The summed E-state index contributed by atoms with van der Waals surface area (Å²) in [5.41, 5.74) is 2.10. The second-order valence-electron chi connectivity index (χ2n) is 9.99. The Morgan fingerprint density at radius 1 is 0.878 bits per heavy atom. The highest BCUT2D eigenvalue weighted by atomic mass is 32.2. The van der Waals surface area contributed by atoms with Crippen LogP contribution in [0.3, 0.4) is 0 Å². The number of carbonyl (C=O) groups is 2. The molecule has 0 heterocycles. The number of benzene rings is 3. The highest BCUT2D eigenvalue weighted by molar-refractivity contribution is 7.92.